The number of nitrogens with one attached hydrogen (secondary N) is 1. The number of methoxy groups -OCH3 is 1. The third-order valence-corrected chi connectivity index (χ3v) is 4.90. The molecule has 162 valence electrons. The van der Waals surface area contributed by atoms with Gasteiger partial charge in [0.15, 0.2) is 5.82 Å². The molecule has 4 rings (SSSR count). The van der Waals surface area contributed by atoms with Gasteiger partial charge in [-0.1, -0.05) is 11.6 Å². The van der Waals surface area contributed by atoms with Gasteiger partial charge >= 0.3 is 0 Å². The number of ether oxygens (including phenoxy) is 2. The number of hydrogen-bond acceptors (Lipinski definition) is 5. The average molecular weight is 449 g/mol. The van der Waals surface area contributed by atoms with Crippen LogP contribution in [-0.2, 0) is 0 Å². The highest BCUT2D eigenvalue weighted by atomic mass is 35.5. The molecule has 1 amide bonds. The number of carbonyl (C=O) groups excluding carboxylic acids is 1. The Morgan fingerprint density at radius 1 is 0.969 bits per heavy atom. The van der Waals surface area contributed by atoms with Gasteiger partial charge in [0.05, 0.1) is 19.4 Å². The van der Waals surface area contributed by atoms with E-state index >= 15 is 0 Å². The maximum absolute atomic E-state index is 12.9. The van der Waals surface area contributed by atoms with E-state index in [4.69, 9.17) is 21.1 Å². The highest BCUT2D eigenvalue weighted by Crippen LogP contribution is 2.25. The Morgan fingerprint density at radius 2 is 1.62 bits per heavy atom. The summed E-state index contributed by atoms with van der Waals surface area (Å²) in [5, 5.41) is 7.90. The van der Waals surface area contributed by atoms with E-state index in [-0.39, 0.29) is 5.82 Å². The molecule has 3 aromatic carbocycles. The lowest BCUT2D eigenvalue weighted by Gasteiger charge is -2.08. The molecule has 1 N–H and O–H groups in total. The lowest BCUT2D eigenvalue weighted by atomic mass is 10.2. The van der Waals surface area contributed by atoms with E-state index in [0.29, 0.717) is 28.9 Å². The smallest absolute Gasteiger partial charge is 0.295 e. The summed E-state index contributed by atoms with van der Waals surface area (Å²) in [5.74, 6) is 1.59. The maximum Gasteiger partial charge on any atom is 0.295 e. The van der Waals surface area contributed by atoms with Crippen molar-refractivity contribution in [2.75, 3.05) is 19.0 Å². The summed E-state index contributed by atoms with van der Waals surface area (Å²) in [5.41, 5.74) is 2.13. The number of benzene rings is 3. The molecule has 0 fully saturated rings. The second-order valence-electron chi connectivity index (χ2n) is 6.79. The van der Waals surface area contributed by atoms with Gasteiger partial charge in [-0.15, -0.1) is 5.10 Å². The van der Waals surface area contributed by atoms with Crippen LogP contribution in [0, 0.1) is 0 Å². The zero-order valence-electron chi connectivity index (χ0n) is 17.6. The summed E-state index contributed by atoms with van der Waals surface area (Å²) in [4.78, 5) is 17.4. The summed E-state index contributed by atoms with van der Waals surface area (Å²) in [6, 6.07) is 21.7. The van der Waals surface area contributed by atoms with Crippen LogP contribution in [0.1, 0.15) is 17.5 Å². The average Bonchev–Trinajstić information content (AvgIpc) is 3.26. The zero-order chi connectivity index (χ0) is 22.5. The normalized spacial score (nSPS) is 10.6. The number of rotatable bonds is 7. The number of amides is 1. The van der Waals surface area contributed by atoms with Crippen LogP contribution in [0.2, 0.25) is 5.02 Å². The predicted molar refractivity (Wildman–Crippen MR) is 124 cm³/mol. The molecule has 8 heteroatoms. The van der Waals surface area contributed by atoms with Crippen LogP contribution in [0.3, 0.4) is 0 Å². The van der Waals surface area contributed by atoms with E-state index in [2.05, 4.69) is 15.4 Å². The molecule has 1 aromatic heterocycles. The lowest BCUT2D eigenvalue weighted by molar-refractivity contribution is 0.101. The SMILES string of the molecule is CCOc1ccc(-n2nc(C(=O)Nc3ccc(OC)cc3)nc2-c2ccc(Cl)cc2)cc1. The van der Waals surface area contributed by atoms with Crippen molar-refractivity contribution in [3.8, 4) is 28.6 Å². The van der Waals surface area contributed by atoms with Crippen LogP contribution in [-0.4, -0.2) is 34.4 Å². The molecular weight excluding hydrogens is 428 g/mol. The van der Waals surface area contributed by atoms with Gasteiger partial charge in [-0.25, -0.2) is 9.67 Å². The van der Waals surface area contributed by atoms with Crippen LogP contribution < -0.4 is 14.8 Å². The second kappa shape index (κ2) is 9.53. The maximum atomic E-state index is 12.9. The summed E-state index contributed by atoms with van der Waals surface area (Å²) in [6.07, 6.45) is 0. The molecule has 4 aromatic rings. The van der Waals surface area contributed by atoms with Gasteiger partial charge < -0.3 is 14.8 Å². The number of carbonyl (C=O) groups is 1. The Kier molecular flexibility index (Phi) is 6.37. The van der Waals surface area contributed by atoms with E-state index in [0.717, 1.165) is 17.0 Å². The second-order valence-corrected chi connectivity index (χ2v) is 7.22. The predicted octanol–water partition coefficient (Wildman–Crippen LogP) is 5.25. The molecule has 0 atom stereocenters. The first-order chi connectivity index (χ1) is 15.6. The first kappa shape index (κ1) is 21.4. The van der Waals surface area contributed by atoms with Crippen molar-refractivity contribution in [2.45, 2.75) is 6.92 Å². The van der Waals surface area contributed by atoms with Gasteiger partial charge in [0.25, 0.3) is 5.91 Å². The van der Waals surface area contributed by atoms with Crippen molar-refractivity contribution >= 4 is 23.2 Å². The molecule has 0 aliphatic rings. The number of nitrogens with zero attached hydrogens (tertiary/aromatic N) is 3. The van der Waals surface area contributed by atoms with Crippen LogP contribution in [0.25, 0.3) is 17.1 Å². The summed E-state index contributed by atoms with van der Waals surface area (Å²) >= 11 is 6.04. The molecule has 0 unspecified atom stereocenters. The highest BCUT2D eigenvalue weighted by Gasteiger charge is 2.19. The standard InChI is InChI=1S/C24H21ClN4O3/c1-3-32-21-14-10-19(11-15-21)29-23(16-4-6-17(25)7-5-16)27-22(28-29)24(30)26-18-8-12-20(31-2)13-9-18/h4-15H,3H2,1-2H3,(H,26,30). The molecule has 32 heavy (non-hydrogen) atoms. The first-order valence-electron chi connectivity index (χ1n) is 9.99. The Balaban J connectivity index is 1.69. The minimum atomic E-state index is -0.421. The van der Waals surface area contributed by atoms with Crippen molar-refractivity contribution < 1.29 is 14.3 Å². The number of aromatic nitrogens is 3. The first-order valence-corrected chi connectivity index (χ1v) is 10.4. The number of anilines is 1. The fourth-order valence-electron chi connectivity index (χ4n) is 3.09. The monoisotopic (exact) mass is 448 g/mol. The summed E-state index contributed by atoms with van der Waals surface area (Å²) in [7, 11) is 1.59. The van der Waals surface area contributed by atoms with Gasteiger partial charge in [0.1, 0.15) is 11.5 Å². The van der Waals surface area contributed by atoms with E-state index in [9.17, 15) is 4.79 Å². The minimum absolute atomic E-state index is 0.0413. The molecule has 0 aliphatic heterocycles. The van der Waals surface area contributed by atoms with Gasteiger partial charge in [0, 0.05) is 16.3 Å². The minimum Gasteiger partial charge on any atom is -0.497 e. The zero-order valence-corrected chi connectivity index (χ0v) is 18.3. The van der Waals surface area contributed by atoms with Gasteiger partial charge in [-0.3, -0.25) is 4.79 Å². The topological polar surface area (TPSA) is 78.3 Å². The van der Waals surface area contributed by atoms with Gasteiger partial charge in [0.2, 0.25) is 5.82 Å². The van der Waals surface area contributed by atoms with Crippen molar-refractivity contribution in [3.63, 3.8) is 0 Å². The summed E-state index contributed by atoms with van der Waals surface area (Å²) < 4.78 is 12.3. The third kappa shape index (κ3) is 4.73. The molecule has 0 saturated heterocycles. The molecule has 0 aliphatic carbocycles. The quantitative estimate of drug-likeness (QED) is 0.418. The largest absolute Gasteiger partial charge is 0.497 e. The van der Waals surface area contributed by atoms with Crippen LogP contribution >= 0.6 is 11.6 Å². The highest BCUT2D eigenvalue weighted by molar-refractivity contribution is 6.30. The lowest BCUT2D eigenvalue weighted by Crippen LogP contribution is -2.14. The Labute approximate surface area is 190 Å². The molecule has 0 saturated carbocycles. The fraction of sp³-hybridized carbons (Fsp3) is 0.125. The molecule has 0 radical (unpaired) electrons. The summed E-state index contributed by atoms with van der Waals surface area (Å²) in [6.45, 7) is 2.51. The van der Waals surface area contributed by atoms with Gasteiger partial charge in [-0.2, -0.15) is 0 Å². The van der Waals surface area contributed by atoms with E-state index in [1.54, 1.807) is 48.2 Å². The van der Waals surface area contributed by atoms with E-state index in [1.807, 2.05) is 43.3 Å². The Bertz CT molecular complexity index is 1200. The Morgan fingerprint density at radius 3 is 2.25 bits per heavy atom. The van der Waals surface area contributed by atoms with Crippen molar-refractivity contribution in [3.05, 3.63) is 83.6 Å². The molecule has 1 heterocycles. The third-order valence-electron chi connectivity index (χ3n) is 4.65. The van der Waals surface area contributed by atoms with Crippen LogP contribution in [0.15, 0.2) is 72.8 Å². The van der Waals surface area contributed by atoms with Gasteiger partial charge in [-0.05, 0) is 79.7 Å². The van der Waals surface area contributed by atoms with E-state index in [1.165, 1.54) is 0 Å². The Hall–Kier alpha value is -3.84. The van der Waals surface area contributed by atoms with Crippen LogP contribution in [0.4, 0.5) is 5.69 Å². The molecule has 7 nitrogen and oxygen atoms in total. The number of halogens is 1. The fourth-order valence-corrected chi connectivity index (χ4v) is 3.21. The van der Waals surface area contributed by atoms with Crippen molar-refractivity contribution in [2.24, 2.45) is 0 Å². The van der Waals surface area contributed by atoms with Crippen molar-refractivity contribution in [1.29, 1.82) is 0 Å². The van der Waals surface area contributed by atoms with Crippen molar-refractivity contribution in [1.82, 2.24) is 14.8 Å². The van der Waals surface area contributed by atoms with E-state index < -0.39 is 5.91 Å². The molecule has 0 spiro atoms. The molecule has 0 bridgehead atoms. The number of hydrogen-bond donors (Lipinski definition) is 1. The molecular formula is C24H21ClN4O3. The van der Waals surface area contributed by atoms with Crippen LogP contribution in [0.5, 0.6) is 11.5 Å².